The number of rotatable bonds is 2. The van der Waals surface area contributed by atoms with E-state index in [4.69, 9.17) is 0 Å². The third kappa shape index (κ3) is 2.33. The second-order valence-electron chi connectivity index (χ2n) is 4.95. The number of nitrogens with zero attached hydrogens (tertiary/aromatic N) is 4. The van der Waals surface area contributed by atoms with Gasteiger partial charge >= 0.3 is 0 Å². The molecule has 0 atom stereocenters. The number of hydrogen-bond donors (Lipinski definition) is 1. The van der Waals surface area contributed by atoms with Gasteiger partial charge in [-0.3, -0.25) is 0 Å². The molecule has 0 saturated carbocycles. The van der Waals surface area contributed by atoms with Crippen molar-refractivity contribution in [3.63, 3.8) is 0 Å². The fraction of sp³-hybridized carbons (Fsp3) is 0.429. The van der Waals surface area contributed by atoms with Crippen molar-refractivity contribution in [3.8, 4) is 0 Å². The van der Waals surface area contributed by atoms with Gasteiger partial charge in [-0.15, -0.1) is 10.2 Å². The number of para-hydroxylation sites is 1. The summed E-state index contributed by atoms with van der Waals surface area (Å²) in [4.78, 5) is 2.37. The summed E-state index contributed by atoms with van der Waals surface area (Å²) >= 11 is 0. The third-order valence-corrected chi connectivity index (χ3v) is 3.72. The van der Waals surface area contributed by atoms with E-state index in [1.165, 1.54) is 11.3 Å². The monoisotopic (exact) mass is 257 g/mol. The standard InChI is InChI=1S/C14H19N5/c1-11-16-17-14(18(11)2)10-19-8-7-15-9-12-5-3-4-6-13(12)19/h3-6,15H,7-10H2,1-2H3. The summed E-state index contributed by atoms with van der Waals surface area (Å²) in [6.45, 7) is 5.70. The van der Waals surface area contributed by atoms with E-state index in [1.54, 1.807) is 0 Å². The van der Waals surface area contributed by atoms with Gasteiger partial charge in [0.15, 0.2) is 5.82 Å². The Morgan fingerprint density at radius 3 is 2.89 bits per heavy atom. The van der Waals surface area contributed by atoms with E-state index in [-0.39, 0.29) is 0 Å². The number of benzene rings is 1. The van der Waals surface area contributed by atoms with Crippen LogP contribution in [0.1, 0.15) is 17.2 Å². The molecule has 1 aliphatic heterocycles. The molecule has 5 nitrogen and oxygen atoms in total. The van der Waals surface area contributed by atoms with Gasteiger partial charge in [-0.2, -0.15) is 0 Å². The Hall–Kier alpha value is -1.88. The lowest BCUT2D eigenvalue weighted by Crippen LogP contribution is -2.29. The third-order valence-electron chi connectivity index (χ3n) is 3.72. The first-order valence-electron chi connectivity index (χ1n) is 6.64. The fourth-order valence-corrected chi connectivity index (χ4v) is 2.45. The van der Waals surface area contributed by atoms with Crippen LogP contribution in [0.4, 0.5) is 5.69 Å². The van der Waals surface area contributed by atoms with Crippen molar-refractivity contribution in [2.24, 2.45) is 7.05 Å². The minimum atomic E-state index is 0.802. The first-order valence-corrected chi connectivity index (χ1v) is 6.64. The molecule has 3 rings (SSSR count). The van der Waals surface area contributed by atoms with Crippen LogP contribution in [0.5, 0.6) is 0 Å². The maximum Gasteiger partial charge on any atom is 0.152 e. The van der Waals surface area contributed by atoms with Gasteiger partial charge in [0.1, 0.15) is 5.82 Å². The summed E-state index contributed by atoms with van der Waals surface area (Å²) in [6, 6.07) is 8.56. The Balaban J connectivity index is 1.90. The zero-order chi connectivity index (χ0) is 13.2. The first kappa shape index (κ1) is 12.2. The quantitative estimate of drug-likeness (QED) is 0.879. The Bertz CT molecular complexity index is 575. The van der Waals surface area contributed by atoms with Crippen LogP contribution in [0.3, 0.4) is 0 Å². The van der Waals surface area contributed by atoms with E-state index in [0.29, 0.717) is 0 Å². The maximum atomic E-state index is 4.26. The van der Waals surface area contributed by atoms with E-state index in [9.17, 15) is 0 Å². The summed E-state index contributed by atoms with van der Waals surface area (Å²) in [7, 11) is 2.02. The highest BCUT2D eigenvalue weighted by molar-refractivity contribution is 5.54. The molecule has 100 valence electrons. The summed E-state index contributed by atoms with van der Waals surface area (Å²) < 4.78 is 2.06. The molecule has 5 heteroatoms. The summed E-state index contributed by atoms with van der Waals surface area (Å²) in [6.07, 6.45) is 0. The maximum absolute atomic E-state index is 4.26. The van der Waals surface area contributed by atoms with Crippen molar-refractivity contribution in [2.45, 2.75) is 20.0 Å². The van der Waals surface area contributed by atoms with Crippen LogP contribution in [0.15, 0.2) is 24.3 Å². The number of anilines is 1. The van der Waals surface area contributed by atoms with Crippen molar-refractivity contribution in [1.82, 2.24) is 20.1 Å². The molecule has 0 bridgehead atoms. The van der Waals surface area contributed by atoms with Gasteiger partial charge in [0, 0.05) is 32.4 Å². The largest absolute Gasteiger partial charge is 0.362 e. The van der Waals surface area contributed by atoms with E-state index < -0.39 is 0 Å². The molecule has 1 aromatic heterocycles. The molecule has 2 heterocycles. The van der Waals surface area contributed by atoms with Gasteiger partial charge in [-0.25, -0.2) is 0 Å². The molecule has 0 fully saturated rings. The van der Waals surface area contributed by atoms with Crippen molar-refractivity contribution < 1.29 is 0 Å². The zero-order valence-electron chi connectivity index (χ0n) is 11.4. The van der Waals surface area contributed by atoms with Crippen molar-refractivity contribution >= 4 is 5.69 Å². The zero-order valence-corrected chi connectivity index (χ0v) is 11.4. The Labute approximate surface area is 113 Å². The highest BCUT2D eigenvalue weighted by Crippen LogP contribution is 2.23. The van der Waals surface area contributed by atoms with Crippen LogP contribution in [0, 0.1) is 6.92 Å². The van der Waals surface area contributed by atoms with Crippen molar-refractivity contribution in [3.05, 3.63) is 41.5 Å². The minimum Gasteiger partial charge on any atom is -0.362 e. The number of nitrogens with one attached hydrogen (secondary N) is 1. The smallest absolute Gasteiger partial charge is 0.152 e. The summed E-state index contributed by atoms with van der Waals surface area (Å²) in [5, 5.41) is 11.9. The van der Waals surface area contributed by atoms with Gasteiger partial charge in [0.25, 0.3) is 0 Å². The molecule has 19 heavy (non-hydrogen) atoms. The highest BCUT2D eigenvalue weighted by atomic mass is 15.3. The topological polar surface area (TPSA) is 46.0 Å². The van der Waals surface area contributed by atoms with Crippen LogP contribution in [-0.2, 0) is 20.1 Å². The number of aromatic nitrogens is 3. The Morgan fingerprint density at radius 2 is 2.11 bits per heavy atom. The highest BCUT2D eigenvalue weighted by Gasteiger charge is 2.17. The van der Waals surface area contributed by atoms with Gasteiger partial charge in [-0.1, -0.05) is 18.2 Å². The SMILES string of the molecule is Cc1nnc(CN2CCNCc3ccccc32)n1C. The van der Waals surface area contributed by atoms with Crippen LogP contribution in [0.25, 0.3) is 0 Å². The molecule has 0 unspecified atom stereocenters. The number of aryl methyl sites for hydroxylation is 1. The first-order chi connectivity index (χ1) is 9.25. The van der Waals surface area contributed by atoms with E-state index >= 15 is 0 Å². The van der Waals surface area contributed by atoms with E-state index in [1.807, 2.05) is 14.0 Å². The number of hydrogen-bond acceptors (Lipinski definition) is 4. The summed E-state index contributed by atoms with van der Waals surface area (Å²) in [5.74, 6) is 1.96. The molecule has 1 N–H and O–H groups in total. The lowest BCUT2D eigenvalue weighted by atomic mass is 10.1. The van der Waals surface area contributed by atoms with Crippen LogP contribution >= 0.6 is 0 Å². The normalized spacial score (nSPS) is 15.2. The molecule has 2 aromatic rings. The average molecular weight is 257 g/mol. The van der Waals surface area contributed by atoms with Gasteiger partial charge < -0.3 is 14.8 Å². The van der Waals surface area contributed by atoms with Crippen LogP contribution in [0.2, 0.25) is 0 Å². The van der Waals surface area contributed by atoms with Crippen LogP contribution in [-0.4, -0.2) is 27.9 Å². The van der Waals surface area contributed by atoms with Gasteiger partial charge in [0.05, 0.1) is 6.54 Å². The minimum absolute atomic E-state index is 0.802. The Kier molecular flexibility index (Phi) is 3.21. The molecular formula is C14H19N5. The molecule has 1 aromatic carbocycles. The van der Waals surface area contributed by atoms with Gasteiger partial charge in [-0.05, 0) is 18.6 Å². The fourth-order valence-electron chi connectivity index (χ4n) is 2.45. The average Bonchev–Trinajstić information content (AvgIpc) is 2.65. The predicted molar refractivity (Wildman–Crippen MR) is 74.9 cm³/mol. The summed E-state index contributed by atoms with van der Waals surface area (Å²) in [5.41, 5.74) is 2.65. The Morgan fingerprint density at radius 1 is 1.26 bits per heavy atom. The molecule has 0 amide bonds. The van der Waals surface area contributed by atoms with E-state index in [0.717, 1.165) is 37.8 Å². The van der Waals surface area contributed by atoms with Crippen LogP contribution < -0.4 is 10.2 Å². The van der Waals surface area contributed by atoms with E-state index in [2.05, 4.69) is 49.2 Å². The molecule has 1 aliphatic rings. The van der Waals surface area contributed by atoms with Crippen molar-refractivity contribution in [1.29, 1.82) is 0 Å². The van der Waals surface area contributed by atoms with Gasteiger partial charge in [0.2, 0.25) is 0 Å². The molecule has 0 aliphatic carbocycles. The van der Waals surface area contributed by atoms with Crippen molar-refractivity contribution in [2.75, 3.05) is 18.0 Å². The lowest BCUT2D eigenvalue weighted by molar-refractivity contribution is 0.666. The second kappa shape index (κ2) is 5.01. The number of fused-ring (bicyclic) bond motifs is 1. The molecular weight excluding hydrogens is 238 g/mol. The second-order valence-corrected chi connectivity index (χ2v) is 4.95. The predicted octanol–water partition coefficient (Wildman–Crippen LogP) is 1.23. The lowest BCUT2D eigenvalue weighted by Gasteiger charge is -2.23. The molecule has 0 saturated heterocycles. The molecule has 0 spiro atoms. The molecule has 0 radical (unpaired) electrons.